The van der Waals surface area contributed by atoms with Crippen LogP contribution in [0.5, 0.6) is 11.5 Å². The third kappa shape index (κ3) is 18.5. The van der Waals surface area contributed by atoms with Gasteiger partial charge >= 0.3 is 34.1 Å². The van der Waals surface area contributed by atoms with Crippen LogP contribution in [0.25, 0.3) is 0 Å². The fraction of sp³-hybridized carbons (Fsp3) is 0.100. The van der Waals surface area contributed by atoms with Gasteiger partial charge in [-0.25, -0.2) is 0 Å². The molecular formula is C40H32Cl4Cu2N4O4. The summed E-state index contributed by atoms with van der Waals surface area (Å²) < 4.78 is 0. The molecule has 0 amide bonds. The first-order valence-corrected chi connectivity index (χ1v) is 17.1. The van der Waals surface area contributed by atoms with E-state index < -0.39 is 0 Å². The van der Waals surface area contributed by atoms with Gasteiger partial charge in [-0.05, 0) is 70.8 Å². The van der Waals surface area contributed by atoms with Crippen molar-refractivity contribution in [3.8, 4) is 11.5 Å². The minimum Gasteiger partial charge on any atom is -0.871 e. The van der Waals surface area contributed by atoms with E-state index in [0.717, 1.165) is 11.1 Å². The first-order chi connectivity index (χ1) is 25.2. The van der Waals surface area contributed by atoms with Crippen molar-refractivity contribution in [3.63, 3.8) is 0 Å². The largest absolute Gasteiger partial charge is 2.00 e. The molecule has 0 unspecified atom stereocenters. The SMILES string of the molecule is [Cu+2].[Cu+2].[O-]Cc1ccccn1.[O-]Cc1ccccn1.[O-]c1c(Cl)cc(Cl)cc1C=NCc1ccccc1.[O-]c1c(Cl)cc(Cl)cc1C=NCc1ccccc1. The molecule has 0 bridgehead atoms. The van der Waals surface area contributed by atoms with E-state index in [2.05, 4.69) is 20.0 Å². The maximum Gasteiger partial charge on any atom is 2.00 e. The van der Waals surface area contributed by atoms with Crippen molar-refractivity contribution in [3.05, 3.63) is 187 Å². The van der Waals surface area contributed by atoms with E-state index in [1.807, 2.05) is 60.7 Å². The van der Waals surface area contributed by atoms with Gasteiger partial charge in [0.1, 0.15) is 0 Å². The van der Waals surface area contributed by atoms with Gasteiger partial charge in [0.05, 0.1) is 13.1 Å². The Labute approximate surface area is 356 Å². The van der Waals surface area contributed by atoms with E-state index in [1.165, 1.54) is 24.6 Å². The fourth-order valence-electron chi connectivity index (χ4n) is 3.98. The molecule has 4 aromatic carbocycles. The van der Waals surface area contributed by atoms with Crippen molar-refractivity contribution in [1.29, 1.82) is 0 Å². The Morgan fingerprint density at radius 2 is 0.852 bits per heavy atom. The average molecular weight is 902 g/mol. The summed E-state index contributed by atoms with van der Waals surface area (Å²) in [6, 6.07) is 36.2. The first-order valence-electron chi connectivity index (χ1n) is 15.6. The standard InChI is InChI=1S/2C14H11Cl2NO.2C6H6NO.2Cu/c2*15-12-6-11(14(18)13(16)7-12)9-17-8-10-4-2-1-3-5-10;2*8-5-6-3-1-2-4-7-6;;/h2*1-7,9,18H,8H2;2*1-4H,5H2;;/q;;2*-1;2*+2/p-2. The number of hydrogen-bond donors (Lipinski definition) is 0. The van der Waals surface area contributed by atoms with E-state index in [-0.39, 0.29) is 68.9 Å². The summed E-state index contributed by atoms with van der Waals surface area (Å²) >= 11 is 23.2. The Bertz CT molecular complexity index is 1840. The Kier molecular flexibility index (Phi) is 24.8. The topological polar surface area (TPSA) is 143 Å². The third-order valence-corrected chi connectivity index (χ3v) is 7.51. The first kappa shape index (κ1) is 48.3. The van der Waals surface area contributed by atoms with E-state index >= 15 is 0 Å². The summed E-state index contributed by atoms with van der Waals surface area (Å²) in [7, 11) is 0. The molecule has 6 aromatic rings. The Morgan fingerprint density at radius 1 is 0.500 bits per heavy atom. The Morgan fingerprint density at radius 3 is 1.15 bits per heavy atom. The molecule has 0 N–H and O–H groups in total. The predicted molar refractivity (Wildman–Crippen MR) is 203 cm³/mol. The average Bonchev–Trinajstić information content (AvgIpc) is 3.17. The van der Waals surface area contributed by atoms with Gasteiger partial charge in [-0.3, -0.25) is 20.0 Å². The molecule has 8 nitrogen and oxygen atoms in total. The van der Waals surface area contributed by atoms with Gasteiger partial charge in [0.2, 0.25) is 0 Å². The summed E-state index contributed by atoms with van der Waals surface area (Å²) in [6.45, 7) is 0.594. The molecule has 0 aliphatic rings. The van der Waals surface area contributed by atoms with Crippen LogP contribution in [0.2, 0.25) is 20.1 Å². The molecule has 14 heteroatoms. The second-order valence-corrected chi connectivity index (χ2v) is 12.1. The van der Waals surface area contributed by atoms with Gasteiger partial charge < -0.3 is 20.4 Å². The molecule has 0 spiro atoms. The molecule has 0 aliphatic carbocycles. The van der Waals surface area contributed by atoms with Crippen LogP contribution in [0.3, 0.4) is 0 Å². The maximum atomic E-state index is 11.7. The number of halogens is 4. The zero-order chi connectivity index (χ0) is 37.6. The molecule has 0 aliphatic heterocycles. The van der Waals surface area contributed by atoms with E-state index in [0.29, 0.717) is 45.6 Å². The molecule has 6 rings (SSSR count). The predicted octanol–water partition coefficient (Wildman–Crippen LogP) is 7.25. The summed E-state index contributed by atoms with van der Waals surface area (Å²) in [4.78, 5) is 16.0. The van der Waals surface area contributed by atoms with Crippen molar-refractivity contribution in [2.75, 3.05) is 0 Å². The Balaban J connectivity index is 0.000000379. The van der Waals surface area contributed by atoms with E-state index in [1.54, 1.807) is 60.9 Å². The summed E-state index contributed by atoms with van der Waals surface area (Å²) in [5.41, 5.74) is 4.18. The summed E-state index contributed by atoms with van der Waals surface area (Å²) in [5.74, 6) is -0.504. The van der Waals surface area contributed by atoms with Crippen molar-refractivity contribution in [2.24, 2.45) is 9.98 Å². The van der Waals surface area contributed by atoms with Crippen LogP contribution in [-0.4, -0.2) is 22.4 Å². The summed E-state index contributed by atoms with van der Waals surface area (Å²) in [5, 5.41) is 44.6. The number of benzene rings is 4. The maximum absolute atomic E-state index is 11.7. The van der Waals surface area contributed by atoms with Crippen LogP contribution < -0.4 is 20.4 Å². The zero-order valence-electron chi connectivity index (χ0n) is 28.2. The van der Waals surface area contributed by atoms with Crippen molar-refractivity contribution in [1.82, 2.24) is 9.97 Å². The number of nitrogens with zero attached hydrogens (tertiary/aromatic N) is 4. The van der Waals surface area contributed by atoms with Crippen LogP contribution in [0, 0.1) is 0 Å². The number of hydrogen-bond acceptors (Lipinski definition) is 8. The monoisotopic (exact) mass is 898 g/mol. The molecule has 2 heterocycles. The number of aliphatic imine (C=N–C) groups is 2. The van der Waals surface area contributed by atoms with Gasteiger partial charge in [-0.15, -0.1) is 0 Å². The molecule has 0 saturated carbocycles. The number of aromatic nitrogens is 2. The van der Waals surface area contributed by atoms with Crippen molar-refractivity contribution in [2.45, 2.75) is 26.3 Å². The number of rotatable bonds is 8. The van der Waals surface area contributed by atoms with Crippen molar-refractivity contribution >= 4 is 58.8 Å². The van der Waals surface area contributed by atoms with Crippen LogP contribution >= 0.6 is 46.4 Å². The van der Waals surface area contributed by atoms with Crippen molar-refractivity contribution < 1.29 is 54.6 Å². The Hall–Kier alpha value is -3.76. The minimum atomic E-state index is -0.252. The molecular weight excluding hydrogens is 869 g/mol. The second kappa shape index (κ2) is 27.8. The van der Waals surface area contributed by atoms with Gasteiger partial charge in [0.15, 0.2) is 0 Å². The smallest absolute Gasteiger partial charge is 0.871 e. The van der Waals surface area contributed by atoms with Gasteiger partial charge in [0.25, 0.3) is 0 Å². The van der Waals surface area contributed by atoms with E-state index in [9.17, 15) is 20.4 Å². The number of pyridine rings is 2. The van der Waals surface area contributed by atoms with Gasteiger partial charge in [-0.1, -0.05) is 144 Å². The molecule has 0 saturated heterocycles. The van der Waals surface area contributed by atoms with Crippen LogP contribution in [-0.2, 0) is 60.4 Å². The second-order valence-electron chi connectivity index (χ2n) is 10.5. The molecule has 2 radical (unpaired) electrons. The third-order valence-electron chi connectivity index (χ3n) is 6.52. The van der Waals surface area contributed by atoms with E-state index in [4.69, 9.17) is 46.4 Å². The molecule has 286 valence electrons. The van der Waals surface area contributed by atoms with Crippen LogP contribution in [0.15, 0.2) is 144 Å². The quantitative estimate of drug-likeness (QED) is 0.116. The molecule has 0 fully saturated rings. The minimum absolute atomic E-state index is 0. The zero-order valence-corrected chi connectivity index (χ0v) is 33.1. The van der Waals surface area contributed by atoms with Crippen LogP contribution in [0.1, 0.15) is 33.6 Å². The van der Waals surface area contributed by atoms with Gasteiger partial charge in [0, 0.05) is 56.3 Å². The normalized spacial score (nSPS) is 10.0. The van der Waals surface area contributed by atoms with Gasteiger partial charge in [-0.2, -0.15) is 0 Å². The molecule has 0 atom stereocenters. The molecule has 2 aromatic heterocycles. The molecule has 54 heavy (non-hydrogen) atoms. The van der Waals surface area contributed by atoms with Crippen LogP contribution in [0.4, 0.5) is 0 Å². The summed E-state index contributed by atoms with van der Waals surface area (Å²) in [6.07, 6.45) is 6.25. The fourth-order valence-corrected chi connectivity index (χ4v) is 5.00.